The number of ether oxygens (including phenoxy) is 3. The Hall–Kier alpha value is -4.25. The van der Waals surface area contributed by atoms with E-state index in [1.165, 1.54) is 11.1 Å². The highest BCUT2D eigenvalue weighted by molar-refractivity contribution is 6.08. The molecule has 0 radical (unpaired) electrons. The summed E-state index contributed by atoms with van der Waals surface area (Å²) in [5, 5.41) is 5.14. The Kier molecular flexibility index (Phi) is 5.18. The lowest BCUT2D eigenvalue weighted by atomic mass is 9.76. The Morgan fingerprint density at radius 1 is 0.914 bits per heavy atom. The minimum Gasteiger partial charge on any atom is -0.489 e. The molecule has 35 heavy (non-hydrogen) atoms. The summed E-state index contributed by atoms with van der Waals surface area (Å²) in [7, 11) is 0. The number of anilines is 1. The molecule has 6 rings (SSSR count). The lowest BCUT2D eigenvalue weighted by Gasteiger charge is -2.29. The molecule has 0 bridgehead atoms. The van der Waals surface area contributed by atoms with Crippen LogP contribution in [0.4, 0.5) is 5.69 Å². The van der Waals surface area contributed by atoms with Crippen molar-refractivity contribution in [3.8, 4) is 17.2 Å². The fourth-order valence-corrected chi connectivity index (χ4v) is 5.20. The van der Waals surface area contributed by atoms with Gasteiger partial charge in [0.1, 0.15) is 12.4 Å². The molecule has 0 saturated carbocycles. The normalized spacial score (nSPS) is 15.0. The second kappa shape index (κ2) is 8.51. The van der Waals surface area contributed by atoms with Crippen LogP contribution in [0.15, 0.2) is 91.5 Å². The lowest BCUT2D eigenvalue weighted by Crippen LogP contribution is -2.41. The van der Waals surface area contributed by atoms with E-state index in [0.29, 0.717) is 30.9 Å². The van der Waals surface area contributed by atoms with Gasteiger partial charge in [0.15, 0.2) is 11.5 Å². The van der Waals surface area contributed by atoms with Crippen molar-refractivity contribution in [1.82, 2.24) is 0 Å². The van der Waals surface area contributed by atoms with Gasteiger partial charge >= 0.3 is 0 Å². The van der Waals surface area contributed by atoms with Crippen molar-refractivity contribution in [1.29, 1.82) is 0 Å². The smallest absolute Gasteiger partial charge is 0.235 e. The first-order valence-corrected chi connectivity index (χ1v) is 11.7. The SMILES string of the molecule is C=CCOc1ccc(NC(=O)C2(c3ccc4c(c3)OCO4)Cc3ccccc3C2)c2ccccc12. The highest BCUT2D eigenvalue weighted by atomic mass is 16.7. The largest absolute Gasteiger partial charge is 0.489 e. The van der Waals surface area contributed by atoms with Crippen molar-refractivity contribution >= 4 is 22.4 Å². The Bertz CT molecular complexity index is 1430. The topological polar surface area (TPSA) is 56.8 Å². The summed E-state index contributed by atoms with van der Waals surface area (Å²) in [5.74, 6) is 2.11. The molecule has 5 heteroatoms. The molecule has 1 aliphatic heterocycles. The van der Waals surface area contributed by atoms with E-state index in [0.717, 1.165) is 27.8 Å². The zero-order chi connectivity index (χ0) is 23.8. The number of hydrogen-bond donors (Lipinski definition) is 1. The van der Waals surface area contributed by atoms with E-state index in [1.54, 1.807) is 6.08 Å². The van der Waals surface area contributed by atoms with Crippen molar-refractivity contribution in [2.24, 2.45) is 0 Å². The number of benzene rings is 4. The minimum atomic E-state index is -0.760. The molecular weight excluding hydrogens is 438 g/mol. The third-order valence-electron chi connectivity index (χ3n) is 6.95. The van der Waals surface area contributed by atoms with E-state index in [9.17, 15) is 4.79 Å². The maximum atomic E-state index is 14.2. The van der Waals surface area contributed by atoms with Crippen LogP contribution in [0.25, 0.3) is 10.8 Å². The summed E-state index contributed by atoms with van der Waals surface area (Å²) in [5.41, 5.74) is 3.30. The van der Waals surface area contributed by atoms with E-state index in [1.807, 2.05) is 66.7 Å². The first kappa shape index (κ1) is 21.3. The van der Waals surface area contributed by atoms with Gasteiger partial charge in [-0.1, -0.05) is 67.3 Å². The average molecular weight is 464 g/mol. The van der Waals surface area contributed by atoms with Crippen molar-refractivity contribution in [3.63, 3.8) is 0 Å². The van der Waals surface area contributed by atoms with Gasteiger partial charge < -0.3 is 19.5 Å². The van der Waals surface area contributed by atoms with Gasteiger partial charge in [0.05, 0.1) is 5.41 Å². The van der Waals surface area contributed by atoms with Gasteiger partial charge in [0, 0.05) is 16.5 Å². The Labute approximate surface area is 203 Å². The number of rotatable bonds is 6. The minimum absolute atomic E-state index is 0.0440. The molecule has 5 nitrogen and oxygen atoms in total. The number of nitrogens with one attached hydrogen (secondary N) is 1. The standard InChI is InChI=1S/C30H25NO4/c1-2-15-33-26-14-12-25(23-9-5-6-10-24(23)26)31-29(32)30(17-20-7-3-4-8-21(20)18-30)22-11-13-27-28(16-22)35-19-34-27/h2-14,16H,1,15,17-19H2,(H,31,32). The third kappa shape index (κ3) is 3.60. The van der Waals surface area contributed by atoms with Crippen LogP contribution in [0.3, 0.4) is 0 Å². The summed E-state index contributed by atoms with van der Waals surface area (Å²) < 4.78 is 17.0. The molecule has 0 fully saturated rings. The summed E-state index contributed by atoms with van der Waals surface area (Å²) >= 11 is 0. The van der Waals surface area contributed by atoms with Gasteiger partial charge in [-0.25, -0.2) is 0 Å². The van der Waals surface area contributed by atoms with E-state index in [4.69, 9.17) is 14.2 Å². The van der Waals surface area contributed by atoms with Gasteiger partial charge in [0.25, 0.3) is 0 Å². The van der Waals surface area contributed by atoms with Crippen LogP contribution in [0, 0.1) is 0 Å². The molecule has 0 saturated heterocycles. The third-order valence-corrected chi connectivity index (χ3v) is 6.95. The predicted molar refractivity (Wildman–Crippen MR) is 136 cm³/mol. The molecule has 1 amide bonds. The molecule has 0 unspecified atom stereocenters. The Morgan fingerprint density at radius 3 is 2.40 bits per heavy atom. The van der Waals surface area contributed by atoms with Gasteiger partial charge in [-0.05, 0) is 53.8 Å². The van der Waals surface area contributed by atoms with Crippen LogP contribution in [-0.4, -0.2) is 19.3 Å². The molecule has 0 atom stereocenters. The van der Waals surface area contributed by atoms with Crippen molar-refractivity contribution < 1.29 is 19.0 Å². The van der Waals surface area contributed by atoms with Gasteiger partial charge in [-0.15, -0.1) is 0 Å². The number of carbonyl (C=O) groups is 1. The number of hydrogen-bond acceptors (Lipinski definition) is 4. The first-order valence-electron chi connectivity index (χ1n) is 11.7. The first-order chi connectivity index (χ1) is 17.2. The zero-order valence-electron chi connectivity index (χ0n) is 19.3. The second-order valence-electron chi connectivity index (χ2n) is 8.98. The molecule has 174 valence electrons. The van der Waals surface area contributed by atoms with E-state index >= 15 is 0 Å². The fourth-order valence-electron chi connectivity index (χ4n) is 5.20. The Morgan fingerprint density at radius 2 is 1.63 bits per heavy atom. The molecule has 4 aromatic carbocycles. The second-order valence-corrected chi connectivity index (χ2v) is 8.98. The van der Waals surface area contributed by atoms with Crippen LogP contribution >= 0.6 is 0 Å². The highest BCUT2D eigenvalue weighted by Gasteiger charge is 2.46. The van der Waals surface area contributed by atoms with Crippen molar-refractivity contribution in [3.05, 3.63) is 108 Å². The summed E-state index contributed by atoms with van der Waals surface area (Å²) in [4.78, 5) is 14.2. The molecule has 1 N–H and O–H groups in total. The van der Waals surface area contributed by atoms with E-state index in [-0.39, 0.29) is 12.7 Å². The molecule has 2 aliphatic rings. The van der Waals surface area contributed by atoms with Crippen LogP contribution in [-0.2, 0) is 23.1 Å². The van der Waals surface area contributed by atoms with Crippen molar-refractivity contribution in [2.75, 3.05) is 18.7 Å². The van der Waals surface area contributed by atoms with Crippen LogP contribution in [0.1, 0.15) is 16.7 Å². The fraction of sp³-hybridized carbons (Fsp3) is 0.167. The predicted octanol–water partition coefficient (Wildman–Crippen LogP) is 5.81. The molecule has 4 aromatic rings. The van der Waals surface area contributed by atoms with Gasteiger partial charge in [0.2, 0.25) is 12.7 Å². The summed E-state index contributed by atoms with van der Waals surface area (Å²) in [6.07, 6.45) is 2.96. The van der Waals surface area contributed by atoms with E-state index in [2.05, 4.69) is 24.0 Å². The summed E-state index contributed by atoms with van der Waals surface area (Å²) in [6, 6.07) is 25.9. The zero-order valence-corrected chi connectivity index (χ0v) is 19.3. The maximum Gasteiger partial charge on any atom is 0.235 e. The quantitative estimate of drug-likeness (QED) is 0.367. The molecule has 1 aliphatic carbocycles. The highest BCUT2D eigenvalue weighted by Crippen LogP contribution is 2.45. The van der Waals surface area contributed by atoms with Crippen molar-refractivity contribution in [2.45, 2.75) is 18.3 Å². The number of carbonyl (C=O) groups excluding carboxylic acids is 1. The number of amides is 1. The van der Waals surface area contributed by atoms with Crippen LogP contribution in [0.2, 0.25) is 0 Å². The van der Waals surface area contributed by atoms with Crippen LogP contribution in [0.5, 0.6) is 17.2 Å². The average Bonchev–Trinajstić information content (AvgIpc) is 3.53. The van der Waals surface area contributed by atoms with Crippen LogP contribution < -0.4 is 19.5 Å². The molecule has 0 aromatic heterocycles. The lowest BCUT2D eigenvalue weighted by molar-refractivity contribution is -0.121. The van der Waals surface area contributed by atoms with Gasteiger partial charge in [-0.2, -0.15) is 0 Å². The molecule has 1 heterocycles. The molecular formula is C30H25NO4. The molecule has 0 spiro atoms. The monoisotopic (exact) mass is 463 g/mol. The summed E-state index contributed by atoms with van der Waals surface area (Å²) in [6.45, 7) is 4.35. The maximum absolute atomic E-state index is 14.2. The number of fused-ring (bicyclic) bond motifs is 3. The van der Waals surface area contributed by atoms with Gasteiger partial charge in [-0.3, -0.25) is 4.79 Å². The Balaban J connectivity index is 1.41. The van der Waals surface area contributed by atoms with E-state index < -0.39 is 5.41 Å².